The number of hydrogen-bond acceptors (Lipinski definition) is 5. The minimum Gasteiger partial charge on any atom is -0.490 e. The zero-order valence-corrected chi connectivity index (χ0v) is 18.5. The molecule has 1 aromatic carbocycles. The summed E-state index contributed by atoms with van der Waals surface area (Å²) in [6.07, 6.45) is 6.91. The van der Waals surface area contributed by atoms with Crippen molar-refractivity contribution in [1.29, 1.82) is 0 Å². The highest BCUT2D eigenvalue weighted by atomic mass is 35.5. The summed E-state index contributed by atoms with van der Waals surface area (Å²) in [6.45, 7) is 0.940. The predicted molar refractivity (Wildman–Crippen MR) is 122 cm³/mol. The molecule has 0 radical (unpaired) electrons. The normalized spacial score (nSPS) is 16.9. The standard InChI is InChI=1S/C24H21ClN4O4/c25-17-9-20-26-15(10-28(20)12-19(17)33-13-14-5-6-14)11-29-18-4-2-1-3-16(18)21(30)22(27-29)24(7-8-24)23(31)32/h1-4,9-10,12,14H,5-8,11,13H2,(H,31,32). The largest absolute Gasteiger partial charge is 0.490 e. The Kier molecular flexibility index (Phi) is 4.48. The molecule has 0 amide bonds. The van der Waals surface area contributed by atoms with Crippen molar-refractivity contribution < 1.29 is 14.6 Å². The van der Waals surface area contributed by atoms with Crippen LogP contribution in [0.15, 0.2) is 47.5 Å². The molecule has 0 saturated heterocycles. The van der Waals surface area contributed by atoms with E-state index in [4.69, 9.17) is 16.3 Å². The number of halogens is 1. The highest BCUT2D eigenvalue weighted by Gasteiger charge is 2.55. The zero-order chi connectivity index (χ0) is 22.7. The Morgan fingerprint density at radius 2 is 2.03 bits per heavy atom. The molecule has 1 N–H and O–H groups in total. The summed E-state index contributed by atoms with van der Waals surface area (Å²) < 4.78 is 9.39. The minimum absolute atomic E-state index is 0.0938. The lowest BCUT2D eigenvalue weighted by atomic mass is 10.0. The Balaban J connectivity index is 1.40. The van der Waals surface area contributed by atoms with Crippen molar-refractivity contribution >= 4 is 34.1 Å². The van der Waals surface area contributed by atoms with E-state index in [9.17, 15) is 14.7 Å². The number of imidazole rings is 1. The number of nitrogens with zero attached hydrogens (tertiary/aromatic N) is 4. The second kappa shape index (κ2) is 7.31. The second-order valence-corrected chi connectivity index (χ2v) is 9.38. The third-order valence-corrected chi connectivity index (χ3v) is 6.81. The van der Waals surface area contributed by atoms with Gasteiger partial charge in [-0.25, -0.2) is 4.98 Å². The smallest absolute Gasteiger partial charge is 0.315 e. The molecule has 33 heavy (non-hydrogen) atoms. The van der Waals surface area contributed by atoms with E-state index in [1.807, 2.05) is 28.9 Å². The molecule has 3 aromatic heterocycles. The van der Waals surface area contributed by atoms with E-state index in [-0.39, 0.29) is 17.7 Å². The van der Waals surface area contributed by atoms with Gasteiger partial charge >= 0.3 is 5.97 Å². The first-order valence-electron chi connectivity index (χ1n) is 11.0. The molecule has 6 rings (SSSR count). The van der Waals surface area contributed by atoms with Gasteiger partial charge in [-0.2, -0.15) is 5.10 Å². The van der Waals surface area contributed by atoms with Crippen LogP contribution in [0.3, 0.4) is 0 Å². The molecule has 2 aliphatic carbocycles. The first kappa shape index (κ1) is 20.2. The zero-order valence-electron chi connectivity index (χ0n) is 17.7. The average Bonchev–Trinajstić information content (AvgIpc) is 3.72. The van der Waals surface area contributed by atoms with E-state index >= 15 is 0 Å². The number of rotatable bonds is 7. The number of ether oxygens (including phenoxy) is 1. The number of pyridine rings is 1. The highest BCUT2D eigenvalue weighted by Crippen LogP contribution is 2.46. The van der Waals surface area contributed by atoms with Crippen LogP contribution in [0.4, 0.5) is 0 Å². The van der Waals surface area contributed by atoms with E-state index in [0.29, 0.717) is 58.4 Å². The van der Waals surface area contributed by atoms with Crippen molar-refractivity contribution in [2.75, 3.05) is 6.61 Å². The summed E-state index contributed by atoms with van der Waals surface area (Å²) in [7, 11) is 0. The van der Waals surface area contributed by atoms with Crippen LogP contribution in [-0.4, -0.2) is 36.8 Å². The Bertz CT molecular complexity index is 1480. The molecular formula is C24H21ClN4O4. The number of carboxylic acid groups (broad SMARTS) is 1. The van der Waals surface area contributed by atoms with Crippen LogP contribution in [0.1, 0.15) is 37.1 Å². The third-order valence-electron chi connectivity index (χ3n) is 6.52. The van der Waals surface area contributed by atoms with E-state index in [0.717, 1.165) is 0 Å². The number of para-hydroxylation sites is 1. The predicted octanol–water partition coefficient (Wildman–Crippen LogP) is 3.65. The van der Waals surface area contributed by atoms with Gasteiger partial charge in [0.05, 0.1) is 35.6 Å². The van der Waals surface area contributed by atoms with E-state index in [1.54, 1.807) is 22.9 Å². The van der Waals surface area contributed by atoms with Gasteiger partial charge < -0.3 is 14.2 Å². The van der Waals surface area contributed by atoms with Crippen LogP contribution in [0.5, 0.6) is 5.75 Å². The van der Waals surface area contributed by atoms with Crippen molar-refractivity contribution in [1.82, 2.24) is 19.2 Å². The van der Waals surface area contributed by atoms with Crippen LogP contribution >= 0.6 is 11.6 Å². The molecule has 2 aliphatic rings. The number of aromatic nitrogens is 4. The molecule has 0 aliphatic heterocycles. The van der Waals surface area contributed by atoms with Crippen molar-refractivity contribution in [2.45, 2.75) is 37.6 Å². The minimum atomic E-state index is -1.19. The molecule has 4 aromatic rings. The van der Waals surface area contributed by atoms with Gasteiger partial charge in [-0.3, -0.25) is 14.3 Å². The monoisotopic (exact) mass is 464 g/mol. The number of aliphatic carboxylic acids is 1. The van der Waals surface area contributed by atoms with Crippen molar-refractivity contribution in [3.8, 4) is 5.75 Å². The van der Waals surface area contributed by atoms with Crippen LogP contribution in [0.25, 0.3) is 16.6 Å². The molecule has 0 bridgehead atoms. The molecule has 0 spiro atoms. The molecule has 2 fully saturated rings. The van der Waals surface area contributed by atoms with Crippen LogP contribution in [0.2, 0.25) is 5.02 Å². The van der Waals surface area contributed by atoms with Gasteiger partial charge in [0, 0.05) is 17.6 Å². The van der Waals surface area contributed by atoms with Crippen molar-refractivity contribution in [3.05, 3.63) is 69.4 Å². The second-order valence-electron chi connectivity index (χ2n) is 8.98. The van der Waals surface area contributed by atoms with E-state index < -0.39 is 11.4 Å². The van der Waals surface area contributed by atoms with Crippen LogP contribution in [-0.2, 0) is 16.8 Å². The summed E-state index contributed by atoms with van der Waals surface area (Å²) in [5.41, 5.74) is 0.595. The maximum atomic E-state index is 13.1. The third kappa shape index (κ3) is 3.45. The lowest BCUT2D eigenvalue weighted by Gasteiger charge is -2.14. The summed E-state index contributed by atoms with van der Waals surface area (Å²) in [5.74, 6) is 0.228. The van der Waals surface area contributed by atoms with Gasteiger partial charge in [0.15, 0.2) is 5.75 Å². The SMILES string of the molecule is O=C(O)C1(c2nn(Cc3cn4cc(OCC5CC5)c(Cl)cc4n3)c3ccccc3c2=O)CC1. The number of hydrogen-bond donors (Lipinski definition) is 1. The lowest BCUT2D eigenvalue weighted by Crippen LogP contribution is -2.31. The molecule has 2 saturated carbocycles. The maximum Gasteiger partial charge on any atom is 0.315 e. The fourth-order valence-electron chi connectivity index (χ4n) is 4.22. The van der Waals surface area contributed by atoms with Crippen molar-refractivity contribution in [2.24, 2.45) is 5.92 Å². The Labute approximate surface area is 193 Å². The van der Waals surface area contributed by atoms with Crippen molar-refractivity contribution in [3.63, 3.8) is 0 Å². The Morgan fingerprint density at radius 1 is 1.24 bits per heavy atom. The Hall–Kier alpha value is -3.39. The summed E-state index contributed by atoms with van der Waals surface area (Å²) in [4.78, 5) is 29.6. The first-order chi connectivity index (χ1) is 15.9. The van der Waals surface area contributed by atoms with Gasteiger partial charge in [0.1, 0.15) is 16.8 Å². The van der Waals surface area contributed by atoms with Gasteiger partial charge in [0.2, 0.25) is 5.43 Å². The van der Waals surface area contributed by atoms with E-state index in [2.05, 4.69) is 10.1 Å². The number of carboxylic acids is 1. The maximum absolute atomic E-state index is 13.1. The number of benzene rings is 1. The van der Waals surface area contributed by atoms with Crippen LogP contribution < -0.4 is 10.2 Å². The van der Waals surface area contributed by atoms with Gasteiger partial charge in [-0.1, -0.05) is 23.7 Å². The van der Waals surface area contributed by atoms with Gasteiger partial charge in [0.25, 0.3) is 0 Å². The molecule has 0 atom stereocenters. The quantitative estimate of drug-likeness (QED) is 0.448. The van der Waals surface area contributed by atoms with Gasteiger partial charge in [-0.05, 0) is 43.7 Å². The Morgan fingerprint density at radius 3 is 2.76 bits per heavy atom. The summed E-state index contributed by atoms with van der Waals surface area (Å²) in [6, 6.07) is 8.89. The number of fused-ring (bicyclic) bond motifs is 2. The fourth-order valence-corrected chi connectivity index (χ4v) is 4.42. The van der Waals surface area contributed by atoms with Gasteiger partial charge in [-0.15, -0.1) is 0 Å². The summed E-state index contributed by atoms with van der Waals surface area (Å²) >= 11 is 6.39. The molecule has 9 heteroatoms. The molecule has 8 nitrogen and oxygen atoms in total. The fraction of sp³-hybridized carbons (Fsp3) is 0.333. The highest BCUT2D eigenvalue weighted by molar-refractivity contribution is 6.32. The average molecular weight is 465 g/mol. The van der Waals surface area contributed by atoms with Crippen LogP contribution in [0, 0.1) is 5.92 Å². The molecular weight excluding hydrogens is 444 g/mol. The first-order valence-corrected chi connectivity index (χ1v) is 11.4. The molecule has 168 valence electrons. The van der Waals surface area contributed by atoms with E-state index in [1.165, 1.54) is 12.8 Å². The number of carbonyl (C=O) groups is 1. The lowest BCUT2D eigenvalue weighted by molar-refractivity contribution is -0.140. The topological polar surface area (TPSA) is 98.7 Å². The molecule has 0 unspecified atom stereocenters. The molecule has 3 heterocycles. The summed E-state index contributed by atoms with van der Waals surface area (Å²) in [5, 5.41) is 15.2.